The van der Waals surface area contributed by atoms with Crippen LogP contribution in [0.4, 0.5) is 0 Å². The molecule has 2 atom stereocenters. The minimum atomic E-state index is -0.509. The number of hydrogen-bond donors (Lipinski definition) is 1. The summed E-state index contributed by atoms with van der Waals surface area (Å²) in [5.74, 6) is 0.638. The molecule has 2 fully saturated rings. The summed E-state index contributed by atoms with van der Waals surface area (Å²) in [5, 5.41) is 9.54. The van der Waals surface area contributed by atoms with Crippen molar-refractivity contribution in [3.8, 4) is 0 Å². The second-order valence-corrected chi connectivity index (χ2v) is 5.46. The fraction of sp³-hybridized carbons (Fsp3) is 0.923. The van der Waals surface area contributed by atoms with E-state index in [2.05, 4.69) is 6.92 Å². The van der Waals surface area contributed by atoms with Gasteiger partial charge in [0.05, 0.1) is 5.41 Å². The van der Waals surface area contributed by atoms with Crippen LogP contribution >= 0.6 is 0 Å². The van der Waals surface area contributed by atoms with Gasteiger partial charge in [0, 0.05) is 0 Å². The quantitative estimate of drug-likeness (QED) is 0.774. The van der Waals surface area contributed by atoms with Crippen LogP contribution in [0.2, 0.25) is 0 Å². The van der Waals surface area contributed by atoms with E-state index in [9.17, 15) is 9.90 Å². The van der Waals surface area contributed by atoms with Gasteiger partial charge in [-0.1, -0.05) is 26.2 Å². The Labute approximate surface area is 92.1 Å². The van der Waals surface area contributed by atoms with Gasteiger partial charge in [0.1, 0.15) is 0 Å². The van der Waals surface area contributed by atoms with Gasteiger partial charge >= 0.3 is 5.97 Å². The van der Waals surface area contributed by atoms with Crippen LogP contribution in [0.15, 0.2) is 0 Å². The Hall–Kier alpha value is -0.530. The van der Waals surface area contributed by atoms with Gasteiger partial charge in [-0.25, -0.2) is 0 Å². The van der Waals surface area contributed by atoms with E-state index in [0.717, 1.165) is 38.5 Å². The Balaban J connectivity index is 2.14. The molecule has 2 unspecified atom stereocenters. The predicted molar refractivity (Wildman–Crippen MR) is 59.7 cm³/mol. The number of carbonyl (C=O) groups is 1. The molecule has 0 bridgehead atoms. The first-order valence-corrected chi connectivity index (χ1v) is 6.42. The van der Waals surface area contributed by atoms with Crippen LogP contribution in [0.25, 0.3) is 0 Å². The third-order valence-corrected chi connectivity index (χ3v) is 4.79. The number of rotatable bonds is 3. The molecule has 2 aliphatic carbocycles. The van der Waals surface area contributed by atoms with Crippen molar-refractivity contribution in [3.05, 3.63) is 0 Å². The maximum atomic E-state index is 11.6. The van der Waals surface area contributed by atoms with Crippen molar-refractivity contribution < 1.29 is 9.90 Å². The maximum absolute atomic E-state index is 11.6. The number of aliphatic carboxylic acids is 1. The van der Waals surface area contributed by atoms with Crippen molar-refractivity contribution in [2.24, 2.45) is 17.3 Å². The molecular formula is C13H22O2. The monoisotopic (exact) mass is 210 g/mol. The molecule has 1 N–H and O–H groups in total. The third-order valence-electron chi connectivity index (χ3n) is 4.79. The van der Waals surface area contributed by atoms with E-state index in [-0.39, 0.29) is 5.41 Å². The first kappa shape index (κ1) is 11.0. The normalized spacial score (nSPS) is 37.3. The maximum Gasteiger partial charge on any atom is 0.309 e. The molecule has 0 aromatic rings. The lowest BCUT2D eigenvalue weighted by molar-refractivity contribution is -0.152. The topological polar surface area (TPSA) is 37.3 Å². The van der Waals surface area contributed by atoms with Crippen molar-refractivity contribution in [2.75, 3.05) is 0 Å². The highest BCUT2D eigenvalue weighted by atomic mass is 16.4. The van der Waals surface area contributed by atoms with Crippen molar-refractivity contribution >= 4 is 5.97 Å². The van der Waals surface area contributed by atoms with Crippen LogP contribution in [0, 0.1) is 17.3 Å². The first-order valence-electron chi connectivity index (χ1n) is 6.42. The number of carboxylic acid groups (broad SMARTS) is 1. The molecular weight excluding hydrogens is 188 g/mol. The van der Waals surface area contributed by atoms with Crippen LogP contribution in [0.5, 0.6) is 0 Å². The summed E-state index contributed by atoms with van der Waals surface area (Å²) in [6.45, 7) is 2.19. The molecule has 2 rings (SSSR count). The largest absolute Gasteiger partial charge is 0.481 e. The standard InChI is InChI=1S/C13H22O2/c1-2-10-7-8-13(9-10,12(14)15)11-5-3-4-6-11/h10-11H,2-9H2,1H3,(H,14,15). The molecule has 0 heterocycles. The zero-order valence-electron chi connectivity index (χ0n) is 9.67. The summed E-state index contributed by atoms with van der Waals surface area (Å²) in [5.41, 5.74) is -0.336. The summed E-state index contributed by atoms with van der Waals surface area (Å²) in [7, 11) is 0. The molecule has 0 amide bonds. The highest BCUT2D eigenvalue weighted by Gasteiger charge is 2.50. The highest BCUT2D eigenvalue weighted by Crippen LogP contribution is 2.53. The summed E-state index contributed by atoms with van der Waals surface area (Å²) < 4.78 is 0. The van der Waals surface area contributed by atoms with Gasteiger partial charge in [-0.2, -0.15) is 0 Å². The Morgan fingerprint density at radius 1 is 1.33 bits per heavy atom. The first-order chi connectivity index (χ1) is 7.19. The van der Waals surface area contributed by atoms with Crippen LogP contribution in [0.1, 0.15) is 58.3 Å². The second kappa shape index (κ2) is 4.15. The average Bonchev–Trinajstić information content (AvgIpc) is 2.87. The third kappa shape index (κ3) is 1.79. The van der Waals surface area contributed by atoms with Crippen molar-refractivity contribution in [1.82, 2.24) is 0 Å². The van der Waals surface area contributed by atoms with Gasteiger partial charge in [0.25, 0.3) is 0 Å². The molecule has 0 aromatic carbocycles. The molecule has 2 aliphatic rings. The summed E-state index contributed by atoms with van der Waals surface area (Å²) in [6, 6.07) is 0. The van der Waals surface area contributed by atoms with Crippen molar-refractivity contribution in [1.29, 1.82) is 0 Å². The van der Waals surface area contributed by atoms with Crippen molar-refractivity contribution in [3.63, 3.8) is 0 Å². The lowest BCUT2D eigenvalue weighted by atomic mass is 9.72. The fourth-order valence-corrected chi connectivity index (χ4v) is 3.75. The molecule has 0 aromatic heterocycles. The summed E-state index contributed by atoms with van der Waals surface area (Å²) in [6.07, 6.45) is 8.98. The van der Waals surface area contributed by atoms with Gasteiger partial charge in [-0.15, -0.1) is 0 Å². The van der Waals surface area contributed by atoms with E-state index >= 15 is 0 Å². The van der Waals surface area contributed by atoms with Crippen LogP contribution < -0.4 is 0 Å². The van der Waals surface area contributed by atoms with Gasteiger partial charge in [-0.05, 0) is 43.9 Å². The molecule has 0 saturated heterocycles. The molecule has 2 saturated carbocycles. The Morgan fingerprint density at radius 2 is 2.00 bits per heavy atom. The van der Waals surface area contributed by atoms with E-state index in [1.54, 1.807) is 0 Å². The molecule has 86 valence electrons. The van der Waals surface area contributed by atoms with Gasteiger partial charge < -0.3 is 5.11 Å². The Kier molecular flexibility index (Phi) is 3.03. The van der Waals surface area contributed by atoms with E-state index in [1.165, 1.54) is 12.8 Å². The van der Waals surface area contributed by atoms with Gasteiger partial charge in [0.2, 0.25) is 0 Å². The minimum absolute atomic E-state index is 0.336. The number of carboxylic acids is 1. The fourth-order valence-electron chi connectivity index (χ4n) is 3.75. The summed E-state index contributed by atoms with van der Waals surface area (Å²) in [4.78, 5) is 11.6. The second-order valence-electron chi connectivity index (χ2n) is 5.46. The average molecular weight is 210 g/mol. The van der Waals surface area contributed by atoms with E-state index in [4.69, 9.17) is 0 Å². The van der Waals surface area contributed by atoms with Crippen LogP contribution in [-0.4, -0.2) is 11.1 Å². The Morgan fingerprint density at radius 3 is 2.47 bits per heavy atom. The predicted octanol–water partition coefficient (Wildman–Crippen LogP) is 3.46. The number of hydrogen-bond acceptors (Lipinski definition) is 1. The zero-order valence-corrected chi connectivity index (χ0v) is 9.67. The Bertz CT molecular complexity index is 243. The van der Waals surface area contributed by atoms with E-state index < -0.39 is 5.97 Å². The SMILES string of the molecule is CCC1CCC(C(=O)O)(C2CCCC2)C1. The van der Waals surface area contributed by atoms with E-state index in [0.29, 0.717) is 11.8 Å². The smallest absolute Gasteiger partial charge is 0.309 e. The molecule has 2 nitrogen and oxygen atoms in total. The molecule has 0 aliphatic heterocycles. The van der Waals surface area contributed by atoms with Crippen LogP contribution in [-0.2, 0) is 4.79 Å². The molecule has 0 radical (unpaired) electrons. The summed E-state index contributed by atoms with van der Waals surface area (Å²) >= 11 is 0. The van der Waals surface area contributed by atoms with Crippen molar-refractivity contribution in [2.45, 2.75) is 58.3 Å². The van der Waals surface area contributed by atoms with Gasteiger partial charge in [0.15, 0.2) is 0 Å². The van der Waals surface area contributed by atoms with Crippen LogP contribution in [0.3, 0.4) is 0 Å². The lowest BCUT2D eigenvalue weighted by Crippen LogP contribution is -2.35. The molecule has 2 heteroatoms. The van der Waals surface area contributed by atoms with Gasteiger partial charge in [-0.3, -0.25) is 4.79 Å². The lowest BCUT2D eigenvalue weighted by Gasteiger charge is -2.31. The molecule has 15 heavy (non-hydrogen) atoms. The molecule has 0 spiro atoms. The minimum Gasteiger partial charge on any atom is -0.481 e. The highest BCUT2D eigenvalue weighted by molar-refractivity contribution is 5.75. The van der Waals surface area contributed by atoms with E-state index in [1.807, 2.05) is 0 Å². The zero-order chi connectivity index (χ0) is 10.9.